The number of nitrogens with zero attached hydrogens (tertiary/aromatic N) is 1. The van der Waals surface area contributed by atoms with Crippen LogP contribution in [0.15, 0.2) is 78.4 Å². The van der Waals surface area contributed by atoms with Crippen molar-refractivity contribution >= 4 is 40.9 Å². The first-order chi connectivity index (χ1) is 15.4. The molecule has 2 amide bonds. The summed E-state index contributed by atoms with van der Waals surface area (Å²) >= 11 is 0. The molecule has 0 saturated carbocycles. The van der Waals surface area contributed by atoms with Crippen molar-refractivity contribution in [3.05, 3.63) is 95.1 Å². The molecule has 0 unspecified atom stereocenters. The van der Waals surface area contributed by atoms with Crippen molar-refractivity contribution in [3.8, 4) is 6.07 Å². The molecule has 0 saturated heterocycles. The van der Waals surface area contributed by atoms with Crippen molar-refractivity contribution in [2.75, 3.05) is 16.4 Å². The van der Waals surface area contributed by atoms with Gasteiger partial charge in [-0.25, -0.2) is 4.79 Å². The average Bonchev–Trinajstić information content (AvgIpc) is 2.78. The molecule has 8 heteroatoms. The summed E-state index contributed by atoms with van der Waals surface area (Å²) < 4.78 is 0. The minimum atomic E-state index is -1.20. The molecule has 0 aliphatic heterocycles. The molecule has 0 fully saturated rings. The van der Waals surface area contributed by atoms with Crippen LogP contribution in [0.1, 0.15) is 26.3 Å². The standard InChI is InChI=1S/C24H18N4O4/c25-14-17(23(30)28-21-7-2-1-6-20(21)24(31)32)12-15-4-3-5-19(13-15)27-22(29)16-8-10-18(26)11-9-16/h1-13H,26H2,(H,27,29)(H,28,30)(H,31,32)/b17-12+. The summed E-state index contributed by atoms with van der Waals surface area (Å²) in [6.07, 6.45) is 1.34. The highest BCUT2D eigenvalue weighted by Gasteiger charge is 2.15. The van der Waals surface area contributed by atoms with E-state index in [9.17, 15) is 24.8 Å². The summed E-state index contributed by atoms with van der Waals surface area (Å²) in [6.45, 7) is 0. The molecule has 0 aromatic heterocycles. The smallest absolute Gasteiger partial charge is 0.337 e. The van der Waals surface area contributed by atoms with E-state index >= 15 is 0 Å². The number of carbonyl (C=O) groups excluding carboxylic acids is 2. The lowest BCUT2D eigenvalue weighted by Crippen LogP contribution is -2.16. The van der Waals surface area contributed by atoms with Gasteiger partial charge in [0.1, 0.15) is 11.6 Å². The van der Waals surface area contributed by atoms with Gasteiger partial charge in [-0.1, -0.05) is 24.3 Å². The highest BCUT2D eigenvalue weighted by molar-refractivity contribution is 6.12. The van der Waals surface area contributed by atoms with Crippen LogP contribution in [0.3, 0.4) is 0 Å². The van der Waals surface area contributed by atoms with Gasteiger partial charge in [0, 0.05) is 16.9 Å². The Balaban J connectivity index is 1.78. The lowest BCUT2D eigenvalue weighted by molar-refractivity contribution is -0.112. The number of benzene rings is 3. The predicted octanol–water partition coefficient (Wildman–Crippen LogP) is 3.76. The van der Waals surface area contributed by atoms with Gasteiger partial charge in [0.25, 0.3) is 11.8 Å². The van der Waals surface area contributed by atoms with Gasteiger partial charge >= 0.3 is 5.97 Å². The second-order valence-electron chi connectivity index (χ2n) is 6.68. The molecule has 8 nitrogen and oxygen atoms in total. The van der Waals surface area contributed by atoms with E-state index in [-0.39, 0.29) is 22.7 Å². The molecule has 0 atom stereocenters. The Morgan fingerprint density at radius 1 is 0.938 bits per heavy atom. The third-order valence-corrected chi connectivity index (χ3v) is 4.40. The zero-order chi connectivity index (χ0) is 23.1. The number of anilines is 3. The van der Waals surface area contributed by atoms with Crippen LogP contribution in [-0.4, -0.2) is 22.9 Å². The average molecular weight is 426 g/mol. The number of nitrogens with two attached hydrogens (primary N) is 1. The van der Waals surface area contributed by atoms with Gasteiger partial charge in [0.15, 0.2) is 0 Å². The summed E-state index contributed by atoms with van der Waals surface area (Å²) in [7, 11) is 0. The summed E-state index contributed by atoms with van der Waals surface area (Å²) in [5.74, 6) is -2.29. The number of carboxylic acid groups (broad SMARTS) is 1. The Kier molecular flexibility index (Phi) is 6.63. The molecule has 32 heavy (non-hydrogen) atoms. The van der Waals surface area contributed by atoms with Gasteiger partial charge in [0.05, 0.1) is 11.3 Å². The quantitative estimate of drug-likeness (QED) is 0.268. The van der Waals surface area contributed by atoms with Gasteiger partial charge in [-0.15, -0.1) is 0 Å². The molecule has 5 N–H and O–H groups in total. The van der Waals surface area contributed by atoms with E-state index in [0.29, 0.717) is 22.5 Å². The molecule has 0 aliphatic carbocycles. The molecule has 0 spiro atoms. The van der Waals surface area contributed by atoms with Gasteiger partial charge < -0.3 is 21.5 Å². The van der Waals surface area contributed by atoms with E-state index in [1.165, 1.54) is 24.3 Å². The zero-order valence-electron chi connectivity index (χ0n) is 16.7. The molecule has 3 rings (SSSR count). The molecule has 3 aromatic rings. The molecule has 0 aliphatic rings. The van der Waals surface area contributed by atoms with Crippen molar-refractivity contribution in [1.82, 2.24) is 0 Å². The van der Waals surface area contributed by atoms with Crippen LogP contribution in [0.25, 0.3) is 6.08 Å². The Labute approximate surface area is 183 Å². The van der Waals surface area contributed by atoms with E-state index in [1.807, 2.05) is 6.07 Å². The van der Waals surface area contributed by atoms with Crippen LogP contribution in [-0.2, 0) is 4.79 Å². The summed E-state index contributed by atoms with van der Waals surface area (Å²) in [5.41, 5.74) is 7.32. The van der Waals surface area contributed by atoms with Gasteiger partial charge in [0.2, 0.25) is 0 Å². The van der Waals surface area contributed by atoms with Crippen molar-refractivity contribution in [2.45, 2.75) is 0 Å². The first-order valence-corrected chi connectivity index (χ1v) is 9.40. The minimum Gasteiger partial charge on any atom is -0.478 e. The Bertz CT molecular complexity index is 1260. The fourth-order valence-electron chi connectivity index (χ4n) is 2.83. The second-order valence-corrected chi connectivity index (χ2v) is 6.68. The van der Waals surface area contributed by atoms with Crippen LogP contribution in [0.4, 0.5) is 17.1 Å². The molecular formula is C24H18N4O4. The van der Waals surface area contributed by atoms with Crippen molar-refractivity contribution in [1.29, 1.82) is 5.26 Å². The highest BCUT2D eigenvalue weighted by Crippen LogP contribution is 2.18. The number of carboxylic acids is 1. The van der Waals surface area contributed by atoms with Crippen LogP contribution in [0.5, 0.6) is 0 Å². The van der Waals surface area contributed by atoms with E-state index in [4.69, 9.17) is 5.73 Å². The number of nitrogen functional groups attached to an aromatic ring is 1. The maximum Gasteiger partial charge on any atom is 0.337 e. The van der Waals surface area contributed by atoms with E-state index in [0.717, 1.165) is 0 Å². The van der Waals surface area contributed by atoms with Crippen LogP contribution in [0, 0.1) is 11.3 Å². The predicted molar refractivity (Wildman–Crippen MR) is 121 cm³/mol. The minimum absolute atomic E-state index is 0.0793. The first-order valence-electron chi connectivity index (χ1n) is 9.40. The Morgan fingerprint density at radius 2 is 1.66 bits per heavy atom. The molecule has 0 bridgehead atoms. The Hall–Kier alpha value is -4.90. The third-order valence-electron chi connectivity index (χ3n) is 4.40. The zero-order valence-corrected chi connectivity index (χ0v) is 16.7. The SMILES string of the molecule is N#C/C(=C\c1cccc(NC(=O)c2ccc(N)cc2)c1)C(=O)Nc1ccccc1C(=O)O. The van der Waals surface area contributed by atoms with Crippen LogP contribution >= 0.6 is 0 Å². The number of aromatic carboxylic acids is 1. The van der Waals surface area contributed by atoms with Crippen molar-refractivity contribution in [3.63, 3.8) is 0 Å². The monoisotopic (exact) mass is 426 g/mol. The van der Waals surface area contributed by atoms with Gasteiger partial charge in [-0.05, 0) is 60.2 Å². The fourth-order valence-corrected chi connectivity index (χ4v) is 2.83. The van der Waals surface area contributed by atoms with Crippen LogP contribution < -0.4 is 16.4 Å². The van der Waals surface area contributed by atoms with Crippen molar-refractivity contribution < 1.29 is 19.5 Å². The summed E-state index contributed by atoms with van der Waals surface area (Å²) in [5, 5.41) is 23.8. The maximum absolute atomic E-state index is 12.5. The molecule has 3 aromatic carbocycles. The third kappa shape index (κ3) is 5.37. The largest absolute Gasteiger partial charge is 0.478 e. The van der Waals surface area contributed by atoms with Gasteiger partial charge in [-0.2, -0.15) is 5.26 Å². The van der Waals surface area contributed by atoms with E-state index in [1.54, 1.807) is 54.6 Å². The van der Waals surface area contributed by atoms with Crippen molar-refractivity contribution in [2.24, 2.45) is 0 Å². The number of hydrogen-bond donors (Lipinski definition) is 4. The first kappa shape index (κ1) is 21.8. The Morgan fingerprint density at radius 3 is 2.34 bits per heavy atom. The lowest BCUT2D eigenvalue weighted by atomic mass is 10.1. The fraction of sp³-hybridized carbons (Fsp3) is 0. The number of carbonyl (C=O) groups is 3. The topological polar surface area (TPSA) is 145 Å². The van der Waals surface area contributed by atoms with Gasteiger partial charge in [-0.3, -0.25) is 9.59 Å². The number of hydrogen-bond acceptors (Lipinski definition) is 5. The second kappa shape index (κ2) is 9.73. The number of nitrogens with one attached hydrogen (secondary N) is 2. The number of nitriles is 1. The number of amides is 2. The molecular weight excluding hydrogens is 408 g/mol. The number of rotatable bonds is 6. The van der Waals surface area contributed by atoms with Crippen LogP contribution in [0.2, 0.25) is 0 Å². The summed E-state index contributed by atoms with van der Waals surface area (Å²) in [6, 6.07) is 20.7. The molecule has 158 valence electrons. The lowest BCUT2D eigenvalue weighted by Gasteiger charge is -2.08. The van der Waals surface area contributed by atoms with E-state index in [2.05, 4.69) is 10.6 Å². The molecule has 0 heterocycles. The highest BCUT2D eigenvalue weighted by atomic mass is 16.4. The number of para-hydroxylation sites is 1. The molecule has 0 radical (unpaired) electrons. The van der Waals surface area contributed by atoms with E-state index < -0.39 is 11.9 Å². The summed E-state index contributed by atoms with van der Waals surface area (Å²) in [4.78, 5) is 36.2. The normalized spacial score (nSPS) is 10.7. The maximum atomic E-state index is 12.5.